The number of nitrogens with zero attached hydrogens (tertiary/aromatic N) is 5. The van der Waals surface area contributed by atoms with Crippen molar-refractivity contribution >= 4 is 52.0 Å². The number of hydrogen-bond donors (Lipinski definition) is 0. The lowest BCUT2D eigenvalue weighted by Crippen LogP contribution is -2.23. The molecule has 0 saturated heterocycles. The van der Waals surface area contributed by atoms with Gasteiger partial charge in [-0.05, 0) is 90.2 Å². The second-order valence-electron chi connectivity index (χ2n) is 8.62. The molecule has 3 aromatic rings. The Morgan fingerprint density at radius 3 is 2.07 bits per heavy atom. The quantitative estimate of drug-likeness (QED) is 0.0658. The van der Waals surface area contributed by atoms with E-state index in [1.807, 2.05) is 36.2 Å². The summed E-state index contributed by atoms with van der Waals surface area (Å²) in [5.41, 5.74) is 17.9. The number of rotatable bonds is 12. The van der Waals surface area contributed by atoms with Gasteiger partial charge in [-0.25, -0.2) is 4.79 Å². The average Bonchev–Trinajstić information content (AvgIpc) is 3.03. The topological polar surface area (TPSA) is 115 Å². The van der Waals surface area contributed by atoms with Gasteiger partial charge >= 0.3 is 17.9 Å². The van der Waals surface area contributed by atoms with Crippen molar-refractivity contribution in [3.05, 3.63) is 131 Å². The Balaban J connectivity index is 1.64. The molecule has 0 aromatic heterocycles. The molecule has 0 radical (unpaired) electrons. The number of carbonyl (C=O) groups is 2. The normalized spacial score (nSPS) is 9.93. The number of benzene rings is 3. The fourth-order valence-corrected chi connectivity index (χ4v) is 3.38. The summed E-state index contributed by atoms with van der Waals surface area (Å²) in [6.45, 7) is 8.96. The SMILES string of the molecule is C=C=C=C=C=C=C=C(OC(=O)C=C)Oc1ccc(N=Nc2ccc(N=Nc3ccc(N(C)CCOC(C)=O)cc3)cc2)c(Cl)c1. The van der Waals surface area contributed by atoms with Crippen molar-refractivity contribution in [1.29, 1.82) is 0 Å². The predicted octanol–water partition coefficient (Wildman–Crippen LogP) is 8.68. The van der Waals surface area contributed by atoms with Crippen LogP contribution in [0.3, 0.4) is 0 Å². The molecule has 0 aliphatic heterocycles. The van der Waals surface area contributed by atoms with E-state index in [4.69, 9.17) is 25.8 Å². The summed E-state index contributed by atoms with van der Waals surface area (Å²) in [6.07, 6.45) is 0.966. The molecular weight excluding hydrogens is 594 g/mol. The molecule has 0 atom stereocenters. The van der Waals surface area contributed by atoms with Crippen molar-refractivity contribution in [2.24, 2.45) is 20.5 Å². The van der Waals surface area contributed by atoms with E-state index < -0.39 is 5.97 Å². The monoisotopic (exact) mass is 619 g/mol. The predicted molar refractivity (Wildman–Crippen MR) is 170 cm³/mol. The highest BCUT2D eigenvalue weighted by molar-refractivity contribution is 6.33. The van der Waals surface area contributed by atoms with Gasteiger partial charge in [-0.2, -0.15) is 15.3 Å². The molecule has 10 nitrogen and oxygen atoms in total. The summed E-state index contributed by atoms with van der Waals surface area (Å²) < 4.78 is 15.5. The standard InChI is InChI=1S/C34H26ClN5O5/c1-5-7-8-9-10-11-34(45-33(42)6-2)44-30-20-21-32(31(35)24-30)39-38-27-14-12-26(13-15-27)36-37-28-16-18-29(19-17-28)40(4)22-23-43-25(3)41/h6,12-21,24H,1-2,22-23H2,3-4H3. The average molecular weight is 620 g/mol. The van der Waals surface area contributed by atoms with Crippen molar-refractivity contribution in [3.63, 3.8) is 0 Å². The minimum atomic E-state index is -0.763. The van der Waals surface area contributed by atoms with Gasteiger partial charge in [0.05, 0.1) is 28.6 Å². The zero-order chi connectivity index (χ0) is 32.4. The van der Waals surface area contributed by atoms with Crippen LogP contribution in [-0.4, -0.2) is 32.1 Å². The van der Waals surface area contributed by atoms with Gasteiger partial charge in [0.2, 0.25) is 0 Å². The highest BCUT2D eigenvalue weighted by Gasteiger charge is 2.09. The molecule has 3 rings (SSSR count). The first-order valence-electron chi connectivity index (χ1n) is 13.1. The number of azo groups is 2. The summed E-state index contributed by atoms with van der Waals surface area (Å²) in [5, 5.41) is 17.2. The smallest absolute Gasteiger partial charge is 0.350 e. The van der Waals surface area contributed by atoms with Crippen LogP contribution in [0.4, 0.5) is 28.4 Å². The van der Waals surface area contributed by atoms with Gasteiger partial charge in [0.25, 0.3) is 0 Å². The lowest BCUT2D eigenvalue weighted by molar-refractivity contribution is -0.140. The van der Waals surface area contributed by atoms with E-state index in [-0.39, 0.29) is 22.7 Å². The maximum atomic E-state index is 11.6. The van der Waals surface area contributed by atoms with Gasteiger partial charge in [-0.1, -0.05) is 23.9 Å². The van der Waals surface area contributed by atoms with E-state index in [1.165, 1.54) is 13.0 Å². The fourth-order valence-electron chi connectivity index (χ4n) is 3.18. The van der Waals surface area contributed by atoms with Crippen molar-refractivity contribution in [3.8, 4) is 5.75 Å². The van der Waals surface area contributed by atoms with Gasteiger partial charge in [-0.3, -0.25) is 4.79 Å². The van der Waals surface area contributed by atoms with Gasteiger partial charge in [0, 0.05) is 37.5 Å². The molecule has 0 bridgehead atoms. The highest BCUT2D eigenvalue weighted by Crippen LogP contribution is 2.32. The second-order valence-corrected chi connectivity index (χ2v) is 9.03. The number of likely N-dealkylation sites (N-methyl/N-ethyl adjacent to an activating group) is 1. The molecule has 0 fully saturated rings. The Morgan fingerprint density at radius 2 is 1.49 bits per heavy atom. The van der Waals surface area contributed by atoms with E-state index in [2.05, 4.69) is 68.0 Å². The van der Waals surface area contributed by atoms with Crippen molar-refractivity contribution in [2.45, 2.75) is 6.92 Å². The number of carbonyl (C=O) groups excluding carboxylic acids is 2. The van der Waals surface area contributed by atoms with Crippen LogP contribution >= 0.6 is 11.6 Å². The summed E-state index contributed by atoms with van der Waals surface area (Å²) in [7, 11) is 1.91. The molecule has 0 spiro atoms. The number of hydrogen-bond acceptors (Lipinski definition) is 10. The summed E-state index contributed by atoms with van der Waals surface area (Å²) in [4.78, 5) is 24.5. The summed E-state index contributed by atoms with van der Waals surface area (Å²) in [5.74, 6) is -1.15. The first-order chi connectivity index (χ1) is 21.8. The zero-order valence-electron chi connectivity index (χ0n) is 24.4. The molecule has 0 aliphatic carbocycles. The maximum Gasteiger partial charge on any atom is 0.350 e. The molecule has 0 aliphatic rings. The third-order valence-corrected chi connectivity index (χ3v) is 5.66. The summed E-state index contributed by atoms with van der Waals surface area (Å²) >= 11 is 6.36. The van der Waals surface area contributed by atoms with Crippen LogP contribution in [-0.2, 0) is 19.1 Å². The van der Waals surface area contributed by atoms with Gasteiger partial charge in [0.1, 0.15) is 18.0 Å². The van der Waals surface area contributed by atoms with Gasteiger partial charge in [0.15, 0.2) is 0 Å². The first-order valence-corrected chi connectivity index (χ1v) is 13.5. The van der Waals surface area contributed by atoms with E-state index in [1.54, 1.807) is 36.4 Å². The Labute approximate surface area is 264 Å². The molecule has 0 unspecified atom stereocenters. The maximum absolute atomic E-state index is 11.6. The van der Waals surface area contributed by atoms with Gasteiger partial charge in [-0.15, -0.1) is 5.11 Å². The first kappa shape index (κ1) is 33.4. The van der Waals surface area contributed by atoms with Crippen LogP contribution in [0.1, 0.15) is 6.92 Å². The van der Waals surface area contributed by atoms with E-state index >= 15 is 0 Å². The molecule has 0 amide bonds. The summed E-state index contributed by atoms with van der Waals surface area (Å²) in [6, 6.07) is 19.1. The zero-order valence-corrected chi connectivity index (χ0v) is 25.2. The number of halogens is 1. The molecule has 0 N–H and O–H groups in total. The largest absolute Gasteiger partial charge is 0.464 e. The Hall–Kier alpha value is -6.15. The molecule has 0 saturated carbocycles. The van der Waals surface area contributed by atoms with Gasteiger partial charge < -0.3 is 19.1 Å². The van der Waals surface area contributed by atoms with Crippen LogP contribution in [0.2, 0.25) is 5.02 Å². The molecular formula is C34H26ClN5O5. The molecule has 45 heavy (non-hydrogen) atoms. The van der Waals surface area contributed by atoms with E-state index in [0.717, 1.165) is 11.8 Å². The third kappa shape index (κ3) is 11.9. The Kier molecular flexibility index (Phi) is 13.1. The molecule has 3 aromatic carbocycles. The number of anilines is 1. The van der Waals surface area contributed by atoms with Crippen molar-refractivity contribution < 1.29 is 23.8 Å². The van der Waals surface area contributed by atoms with Crippen LogP contribution in [0, 0.1) is 0 Å². The van der Waals surface area contributed by atoms with Crippen molar-refractivity contribution in [1.82, 2.24) is 0 Å². The van der Waals surface area contributed by atoms with Crippen LogP contribution in [0.15, 0.2) is 147 Å². The Morgan fingerprint density at radius 1 is 0.889 bits per heavy atom. The minimum absolute atomic E-state index is 0.233. The van der Waals surface area contributed by atoms with Crippen LogP contribution < -0.4 is 9.64 Å². The second kappa shape index (κ2) is 17.7. The number of ether oxygens (including phenoxy) is 3. The van der Waals surface area contributed by atoms with Crippen molar-refractivity contribution in [2.75, 3.05) is 25.1 Å². The van der Waals surface area contributed by atoms with Crippen LogP contribution in [0.5, 0.6) is 5.75 Å². The Bertz CT molecular complexity index is 1850. The van der Waals surface area contributed by atoms with E-state index in [0.29, 0.717) is 35.9 Å². The van der Waals surface area contributed by atoms with Crippen LogP contribution in [0.25, 0.3) is 0 Å². The lowest BCUT2D eigenvalue weighted by atomic mass is 10.2. The molecule has 224 valence electrons. The van der Waals surface area contributed by atoms with E-state index in [9.17, 15) is 9.59 Å². The number of esters is 2. The molecule has 0 heterocycles. The highest BCUT2D eigenvalue weighted by atomic mass is 35.5. The third-order valence-electron chi connectivity index (χ3n) is 5.36. The fraction of sp³-hybridized carbons (Fsp3) is 0.118. The minimum Gasteiger partial charge on any atom is -0.464 e. The molecule has 11 heteroatoms. The lowest BCUT2D eigenvalue weighted by Gasteiger charge is -2.18.